The highest BCUT2D eigenvalue weighted by atomic mass is 32.2. The Morgan fingerprint density at radius 1 is 1.67 bits per heavy atom. The SMILES string of the molecule is CSc1ccc(C(=O)O)c(N)n1. The number of nitrogens with two attached hydrogens (primary N) is 1. The number of aromatic nitrogens is 1. The molecule has 0 saturated heterocycles. The first-order valence-corrected chi connectivity index (χ1v) is 4.41. The number of nitrogens with zero attached hydrogens (tertiary/aromatic N) is 1. The van der Waals surface area contributed by atoms with E-state index in [0.717, 1.165) is 5.03 Å². The van der Waals surface area contributed by atoms with Gasteiger partial charge in [0.05, 0.1) is 5.03 Å². The number of aromatic carboxylic acids is 1. The lowest BCUT2D eigenvalue weighted by atomic mass is 10.3. The van der Waals surface area contributed by atoms with Crippen molar-refractivity contribution in [3.05, 3.63) is 17.7 Å². The number of rotatable bonds is 2. The summed E-state index contributed by atoms with van der Waals surface area (Å²) in [5.74, 6) is -0.984. The van der Waals surface area contributed by atoms with Crippen molar-refractivity contribution >= 4 is 23.5 Å². The van der Waals surface area contributed by atoms with Crippen LogP contribution in [0.4, 0.5) is 5.82 Å². The summed E-state index contributed by atoms with van der Waals surface area (Å²) in [5, 5.41) is 9.32. The van der Waals surface area contributed by atoms with E-state index >= 15 is 0 Å². The van der Waals surface area contributed by atoms with Gasteiger partial charge in [0.25, 0.3) is 0 Å². The van der Waals surface area contributed by atoms with Crippen LogP contribution in [0.3, 0.4) is 0 Å². The predicted octanol–water partition coefficient (Wildman–Crippen LogP) is 1.08. The third-order valence-electron chi connectivity index (χ3n) is 1.34. The molecule has 0 saturated carbocycles. The molecule has 1 aromatic heterocycles. The van der Waals surface area contributed by atoms with Gasteiger partial charge in [-0.2, -0.15) is 0 Å². The number of hydrogen-bond donors (Lipinski definition) is 2. The molecule has 64 valence electrons. The highest BCUT2D eigenvalue weighted by Crippen LogP contribution is 2.16. The molecule has 1 aromatic rings. The summed E-state index contributed by atoms with van der Waals surface area (Å²) in [4.78, 5) is 14.4. The summed E-state index contributed by atoms with van der Waals surface area (Å²) >= 11 is 1.42. The Kier molecular flexibility index (Phi) is 2.54. The quantitative estimate of drug-likeness (QED) is 0.673. The molecule has 0 bridgehead atoms. The molecule has 0 aliphatic carbocycles. The Morgan fingerprint density at radius 3 is 2.75 bits per heavy atom. The van der Waals surface area contributed by atoms with Crippen molar-refractivity contribution in [2.45, 2.75) is 5.03 Å². The fourth-order valence-electron chi connectivity index (χ4n) is 0.751. The number of carboxylic acids is 1. The molecule has 12 heavy (non-hydrogen) atoms. The monoisotopic (exact) mass is 184 g/mol. The van der Waals surface area contributed by atoms with Crippen LogP contribution in [0.25, 0.3) is 0 Å². The predicted molar refractivity (Wildman–Crippen MR) is 47.4 cm³/mol. The van der Waals surface area contributed by atoms with Crippen LogP contribution in [0, 0.1) is 0 Å². The molecule has 0 aliphatic rings. The first-order valence-electron chi connectivity index (χ1n) is 3.19. The molecule has 0 unspecified atom stereocenters. The average molecular weight is 184 g/mol. The maximum absolute atomic E-state index is 10.5. The number of anilines is 1. The second kappa shape index (κ2) is 3.44. The van der Waals surface area contributed by atoms with Gasteiger partial charge in [-0.25, -0.2) is 9.78 Å². The van der Waals surface area contributed by atoms with E-state index in [0.29, 0.717) is 0 Å². The number of hydrogen-bond acceptors (Lipinski definition) is 4. The van der Waals surface area contributed by atoms with Gasteiger partial charge in [0, 0.05) is 0 Å². The van der Waals surface area contributed by atoms with Crippen LogP contribution in [0.1, 0.15) is 10.4 Å². The van der Waals surface area contributed by atoms with Gasteiger partial charge in [0.2, 0.25) is 0 Å². The summed E-state index contributed by atoms with van der Waals surface area (Å²) in [6.07, 6.45) is 1.85. The Hall–Kier alpha value is -1.23. The van der Waals surface area contributed by atoms with Gasteiger partial charge < -0.3 is 10.8 Å². The molecule has 0 spiro atoms. The third kappa shape index (κ3) is 1.68. The summed E-state index contributed by atoms with van der Waals surface area (Å²) in [6, 6.07) is 3.08. The molecular weight excluding hydrogens is 176 g/mol. The second-order valence-corrected chi connectivity index (χ2v) is 2.92. The minimum atomic E-state index is -1.05. The fourth-order valence-corrected chi connectivity index (χ4v) is 1.14. The Morgan fingerprint density at radius 2 is 2.33 bits per heavy atom. The first kappa shape index (κ1) is 8.86. The van der Waals surface area contributed by atoms with E-state index in [1.54, 1.807) is 6.07 Å². The number of pyridine rings is 1. The molecule has 0 aliphatic heterocycles. The number of thioether (sulfide) groups is 1. The van der Waals surface area contributed by atoms with Gasteiger partial charge in [0.15, 0.2) is 0 Å². The van der Waals surface area contributed by atoms with Crippen molar-refractivity contribution < 1.29 is 9.90 Å². The van der Waals surface area contributed by atoms with E-state index in [-0.39, 0.29) is 11.4 Å². The fraction of sp³-hybridized carbons (Fsp3) is 0.143. The lowest BCUT2D eigenvalue weighted by Gasteiger charge is -2.00. The highest BCUT2D eigenvalue weighted by Gasteiger charge is 2.08. The smallest absolute Gasteiger partial charge is 0.339 e. The van der Waals surface area contributed by atoms with Gasteiger partial charge in [-0.05, 0) is 18.4 Å². The topological polar surface area (TPSA) is 76.2 Å². The summed E-state index contributed by atoms with van der Waals surface area (Å²) in [5.41, 5.74) is 5.44. The Balaban J connectivity index is 3.12. The molecule has 4 nitrogen and oxygen atoms in total. The van der Waals surface area contributed by atoms with Crippen LogP contribution in [-0.4, -0.2) is 22.3 Å². The van der Waals surface area contributed by atoms with Crippen molar-refractivity contribution in [1.29, 1.82) is 0 Å². The summed E-state index contributed by atoms with van der Waals surface area (Å²) in [7, 11) is 0. The molecule has 1 rings (SSSR count). The van der Waals surface area contributed by atoms with Crippen molar-refractivity contribution in [3.8, 4) is 0 Å². The third-order valence-corrected chi connectivity index (χ3v) is 1.98. The van der Waals surface area contributed by atoms with Gasteiger partial charge in [-0.1, -0.05) is 0 Å². The molecule has 5 heteroatoms. The lowest BCUT2D eigenvalue weighted by Crippen LogP contribution is -2.04. The lowest BCUT2D eigenvalue weighted by molar-refractivity contribution is 0.0697. The molecule has 0 fully saturated rings. The van der Waals surface area contributed by atoms with Crippen LogP contribution in [0.5, 0.6) is 0 Å². The molecule has 0 amide bonds. The van der Waals surface area contributed by atoms with Crippen LogP contribution in [0.2, 0.25) is 0 Å². The van der Waals surface area contributed by atoms with E-state index in [2.05, 4.69) is 4.98 Å². The maximum Gasteiger partial charge on any atom is 0.339 e. The Bertz CT molecular complexity index is 314. The minimum absolute atomic E-state index is 0.0489. The van der Waals surface area contributed by atoms with Crippen LogP contribution in [0.15, 0.2) is 17.2 Å². The number of carbonyl (C=O) groups is 1. The maximum atomic E-state index is 10.5. The zero-order valence-corrected chi connectivity index (χ0v) is 7.26. The molecule has 0 atom stereocenters. The Labute approximate surface area is 73.8 Å². The van der Waals surface area contributed by atoms with Gasteiger partial charge in [-0.15, -0.1) is 11.8 Å². The molecule has 3 N–H and O–H groups in total. The second-order valence-electron chi connectivity index (χ2n) is 2.09. The largest absolute Gasteiger partial charge is 0.478 e. The van der Waals surface area contributed by atoms with Crippen molar-refractivity contribution in [3.63, 3.8) is 0 Å². The van der Waals surface area contributed by atoms with Crippen molar-refractivity contribution in [1.82, 2.24) is 4.98 Å². The van der Waals surface area contributed by atoms with Crippen molar-refractivity contribution in [2.24, 2.45) is 0 Å². The summed E-state index contributed by atoms with van der Waals surface area (Å²) < 4.78 is 0. The highest BCUT2D eigenvalue weighted by molar-refractivity contribution is 7.98. The zero-order chi connectivity index (χ0) is 9.14. The average Bonchev–Trinajstić information content (AvgIpc) is 2.03. The van der Waals surface area contributed by atoms with Gasteiger partial charge >= 0.3 is 5.97 Å². The molecule has 1 heterocycles. The normalized spacial score (nSPS) is 9.75. The van der Waals surface area contributed by atoms with Gasteiger partial charge in [0.1, 0.15) is 11.4 Å². The first-order chi connectivity index (χ1) is 5.65. The van der Waals surface area contributed by atoms with Gasteiger partial charge in [-0.3, -0.25) is 0 Å². The number of carboxylic acid groups (broad SMARTS) is 1. The zero-order valence-electron chi connectivity index (χ0n) is 6.44. The van der Waals surface area contributed by atoms with Crippen molar-refractivity contribution in [2.75, 3.05) is 12.0 Å². The number of nitrogen functional groups attached to an aromatic ring is 1. The van der Waals surface area contributed by atoms with E-state index < -0.39 is 5.97 Å². The standard InChI is InChI=1S/C7H8N2O2S/c1-12-5-3-2-4(7(10)11)6(8)9-5/h2-3H,1H3,(H2,8,9)(H,10,11). The van der Waals surface area contributed by atoms with E-state index in [1.165, 1.54) is 17.8 Å². The minimum Gasteiger partial charge on any atom is -0.478 e. The van der Waals surface area contributed by atoms with E-state index in [4.69, 9.17) is 10.8 Å². The molecule has 0 radical (unpaired) electrons. The molecular formula is C7H8N2O2S. The van der Waals surface area contributed by atoms with Crippen LogP contribution >= 0.6 is 11.8 Å². The molecule has 0 aromatic carbocycles. The van der Waals surface area contributed by atoms with Crippen LogP contribution in [-0.2, 0) is 0 Å². The summed E-state index contributed by atoms with van der Waals surface area (Å²) in [6.45, 7) is 0. The van der Waals surface area contributed by atoms with Crippen LogP contribution < -0.4 is 5.73 Å². The van der Waals surface area contributed by atoms with E-state index in [1.807, 2.05) is 6.26 Å². The van der Waals surface area contributed by atoms with E-state index in [9.17, 15) is 4.79 Å².